The van der Waals surface area contributed by atoms with Crippen molar-refractivity contribution in [2.75, 3.05) is 26.2 Å². The molecule has 1 heterocycles. The second kappa shape index (κ2) is 5.10. The van der Waals surface area contributed by atoms with Gasteiger partial charge in [-0.2, -0.15) is 0 Å². The predicted molar refractivity (Wildman–Crippen MR) is 57.2 cm³/mol. The van der Waals surface area contributed by atoms with Gasteiger partial charge in [-0.15, -0.1) is 0 Å². The third-order valence-electron chi connectivity index (χ3n) is 3.53. The molecule has 2 rings (SSSR count). The minimum absolute atomic E-state index is 0.594. The van der Waals surface area contributed by atoms with Crippen molar-refractivity contribution in [3.8, 4) is 0 Å². The fourth-order valence-electron chi connectivity index (χ4n) is 2.11. The number of rotatable bonds is 6. The SMILES string of the molecule is NCC1CCN1CCCOC1CCC1. The molecule has 0 bridgehead atoms. The zero-order valence-electron chi connectivity index (χ0n) is 8.95. The summed E-state index contributed by atoms with van der Waals surface area (Å²) in [5.74, 6) is 0. The average molecular weight is 198 g/mol. The molecule has 0 aromatic rings. The van der Waals surface area contributed by atoms with E-state index < -0.39 is 0 Å². The minimum Gasteiger partial charge on any atom is -0.378 e. The number of hydrogen-bond donors (Lipinski definition) is 1. The normalized spacial score (nSPS) is 28.5. The van der Waals surface area contributed by atoms with E-state index in [-0.39, 0.29) is 0 Å². The molecule has 1 aliphatic heterocycles. The van der Waals surface area contributed by atoms with Gasteiger partial charge in [-0.05, 0) is 32.1 Å². The van der Waals surface area contributed by atoms with Crippen LogP contribution in [0, 0.1) is 0 Å². The van der Waals surface area contributed by atoms with Crippen LogP contribution in [0.5, 0.6) is 0 Å². The second-order valence-electron chi connectivity index (χ2n) is 4.49. The van der Waals surface area contributed by atoms with Gasteiger partial charge in [0, 0.05) is 32.3 Å². The van der Waals surface area contributed by atoms with E-state index in [4.69, 9.17) is 10.5 Å². The topological polar surface area (TPSA) is 38.5 Å². The highest BCUT2D eigenvalue weighted by atomic mass is 16.5. The molecule has 1 saturated carbocycles. The Bertz CT molecular complexity index is 169. The van der Waals surface area contributed by atoms with Crippen molar-refractivity contribution in [3.05, 3.63) is 0 Å². The first-order chi connectivity index (χ1) is 6.90. The fourth-order valence-corrected chi connectivity index (χ4v) is 2.11. The van der Waals surface area contributed by atoms with Crippen molar-refractivity contribution < 1.29 is 4.74 Å². The lowest BCUT2D eigenvalue weighted by atomic mass is 9.96. The fraction of sp³-hybridized carbons (Fsp3) is 1.00. The van der Waals surface area contributed by atoms with Crippen LogP contribution < -0.4 is 5.73 Å². The first-order valence-electron chi connectivity index (χ1n) is 5.96. The molecule has 1 saturated heterocycles. The average Bonchev–Trinajstić information content (AvgIpc) is 2.06. The highest BCUT2D eigenvalue weighted by Crippen LogP contribution is 2.22. The predicted octanol–water partition coefficient (Wildman–Crippen LogP) is 0.979. The molecule has 14 heavy (non-hydrogen) atoms. The Morgan fingerprint density at radius 1 is 1.29 bits per heavy atom. The summed E-state index contributed by atoms with van der Waals surface area (Å²) in [5, 5.41) is 0. The summed E-state index contributed by atoms with van der Waals surface area (Å²) in [4.78, 5) is 2.48. The van der Waals surface area contributed by atoms with Crippen LogP contribution in [-0.4, -0.2) is 43.3 Å². The van der Waals surface area contributed by atoms with Crippen molar-refractivity contribution in [1.29, 1.82) is 0 Å². The summed E-state index contributed by atoms with van der Waals surface area (Å²) in [6.07, 6.45) is 7.00. The van der Waals surface area contributed by atoms with Gasteiger partial charge in [0.1, 0.15) is 0 Å². The first-order valence-corrected chi connectivity index (χ1v) is 5.96. The lowest BCUT2D eigenvalue weighted by Gasteiger charge is -2.40. The standard InChI is InChI=1S/C11H22N2O/c12-9-10-5-7-13(10)6-2-8-14-11-3-1-4-11/h10-11H,1-9,12H2. The van der Waals surface area contributed by atoms with Crippen LogP contribution in [0.4, 0.5) is 0 Å². The van der Waals surface area contributed by atoms with Gasteiger partial charge in [-0.1, -0.05) is 0 Å². The number of likely N-dealkylation sites (tertiary alicyclic amines) is 1. The highest BCUT2D eigenvalue weighted by molar-refractivity contribution is 4.82. The van der Waals surface area contributed by atoms with E-state index in [1.807, 2.05) is 0 Å². The van der Waals surface area contributed by atoms with E-state index in [1.54, 1.807) is 0 Å². The molecule has 2 fully saturated rings. The second-order valence-corrected chi connectivity index (χ2v) is 4.49. The summed E-state index contributed by atoms with van der Waals surface area (Å²) < 4.78 is 5.71. The summed E-state index contributed by atoms with van der Waals surface area (Å²) in [7, 11) is 0. The molecular weight excluding hydrogens is 176 g/mol. The van der Waals surface area contributed by atoms with E-state index >= 15 is 0 Å². The molecule has 1 aliphatic carbocycles. The summed E-state index contributed by atoms with van der Waals surface area (Å²) in [6.45, 7) is 4.18. The van der Waals surface area contributed by atoms with Gasteiger partial charge in [-0.3, -0.25) is 4.90 Å². The smallest absolute Gasteiger partial charge is 0.0575 e. The molecule has 0 amide bonds. The van der Waals surface area contributed by atoms with Crippen LogP contribution >= 0.6 is 0 Å². The lowest BCUT2D eigenvalue weighted by molar-refractivity contribution is -0.00710. The van der Waals surface area contributed by atoms with Crippen LogP contribution in [0.15, 0.2) is 0 Å². The van der Waals surface area contributed by atoms with Gasteiger partial charge in [0.25, 0.3) is 0 Å². The van der Waals surface area contributed by atoms with E-state index in [9.17, 15) is 0 Å². The van der Waals surface area contributed by atoms with Gasteiger partial charge in [-0.25, -0.2) is 0 Å². The lowest BCUT2D eigenvalue weighted by Crippen LogP contribution is -2.52. The van der Waals surface area contributed by atoms with Crippen LogP contribution in [0.1, 0.15) is 32.1 Å². The summed E-state index contributed by atoms with van der Waals surface area (Å²) >= 11 is 0. The van der Waals surface area contributed by atoms with Crippen LogP contribution in [0.3, 0.4) is 0 Å². The number of nitrogens with two attached hydrogens (primary N) is 1. The van der Waals surface area contributed by atoms with Crippen LogP contribution in [-0.2, 0) is 4.74 Å². The molecule has 3 nitrogen and oxygen atoms in total. The van der Waals surface area contributed by atoms with Crippen molar-refractivity contribution in [2.24, 2.45) is 5.73 Å². The molecule has 0 spiro atoms. The summed E-state index contributed by atoms with van der Waals surface area (Å²) in [6, 6.07) is 0.665. The molecule has 1 unspecified atom stereocenters. The molecule has 82 valence electrons. The van der Waals surface area contributed by atoms with E-state index in [2.05, 4.69) is 4.90 Å². The van der Waals surface area contributed by atoms with Gasteiger partial charge in [0.2, 0.25) is 0 Å². The number of nitrogens with zero attached hydrogens (tertiary/aromatic N) is 1. The third-order valence-corrected chi connectivity index (χ3v) is 3.53. The van der Waals surface area contributed by atoms with Gasteiger partial charge < -0.3 is 10.5 Å². The Morgan fingerprint density at radius 3 is 2.64 bits per heavy atom. The Hall–Kier alpha value is -0.120. The Labute approximate surface area is 86.6 Å². The Balaban J connectivity index is 1.46. The molecule has 1 atom stereocenters. The largest absolute Gasteiger partial charge is 0.378 e. The monoisotopic (exact) mass is 198 g/mol. The van der Waals surface area contributed by atoms with Crippen LogP contribution in [0.25, 0.3) is 0 Å². The third kappa shape index (κ3) is 2.47. The molecule has 0 aromatic carbocycles. The van der Waals surface area contributed by atoms with E-state index in [0.29, 0.717) is 12.1 Å². The zero-order chi connectivity index (χ0) is 9.80. The quantitative estimate of drug-likeness (QED) is 0.647. The van der Waals surface area contributed by atoms with E-state index in [1.165, 1.54) is 45.2 Å². The van der Waals surface area contributed by atoms with Crippen molar-refractivity contribution in [3.63, 3.8) is 0 Å². The van der Waals surface area contributed by atoms with E-state index in [0.717, 1.165) is 13.2 Å². The Kier molecular flexibility index (Phi) is 3.79. The summed E-state index contributed by atoms with van der Waals surface area (Å²) in [5.41, 5.74) is 5.63. The van der Waals surface area contributed by atoms with Crippen LogP contribution in [0.2, 0.25) is 0 Å². The van der Waals surface area contributed by atoms with Gasteiger partial charge in [0.15, 0.2) is 0 Å². The van der Waals surface area contributed by atoms with Crippen molar-refractivity contribution in [2.45, 2.75) is 44.2 Å². The molecule has 3 heteroatoms. The Morgan fingerprint density at radius 2 is 2.14 bits per heavy atom. The molecule has 2 N–H and O–H groups in total. The maximum Gasteiger partial charge on any atom is 0.0575 e. The van der Waals surface area contributed by atoms with Crippen molar-refractivity contribution in [1.82, 2.24) is 4.90 Å². The zero-order valence-corrected chi connectivity index (χ0v) is 8.95. The molecule has 0 aromatic heterocycles. The highest BCUT2D eigenvalue weighted by Gasteiger charge is 2.25. The maximum absolute atomic E-state index is 5.71. The molecule has 2 aliphatic rings. The van der Waals surface area contributed by atoms with Gasteiger partial charge in [0.05, 0.1) is 6.10 Å². The molecule has 0 radical (unpaired) electrons. The minimum atomic E-state index is 0.594. The number of ether oxygens (including phenoxy) is 1. The maximum atomic E-state index is 5.71. The van der Waals surface area contributed by atoms with Gasteiger partial charge >= 0.3 is 0 Å². The van der Waals surface area contributed by atoms with Crippen molar-refractivity contribution >= 4 is 0 Å². The number of hydrogen-bond acceptors (Lipinski definition) is 3. The first kappa shape index (κ1) is 10.4. The molecular formula is C11H22N2O.